The highest BCUT2D eigenvalue weighted by atomic mass is 35.5. The number of hydrogen-bond donors (Lipinski definition) is 1. The van der Waals surface area contributed by atoms with E-state index in [4.69, 9.17) is 11.6 Å². The number of anilines is 2. The van der Waals surface area contributed by atoms with E-state index in [9.17, 15) is 13.2 Å². The predicted octanol–water partition coefficient (Wildman–Crippen LogP) is 4.70. The zero-order valence-electron chi connectivity index (χ0n) is 16.8. The van der Waals surface area contributed by atoms with Gasteiger partial charge >= 0.3 is 0 Å². The normalized spacial score (nSPS) is 22.9. The number of hydrogen-bond acceptors (Lipinski definition) is 3. The molecule has 2 aromatic rings. The largest absolute Gasteiger partial charge is 0.309 e. The van der Waals surface area contributed by atoms with Crippen molar-refractivity contribution < 1.29 is 13.2 Å². The molecule has 4 rings (SSSR count). The average Bonchev–Trinajstić information content (AvgIpc) is 3.30. The summed E-state index contributed by atoms with van der Waals surface area (Å²) in [6.07, 6.45) is 1.43. The molecule has 1 saturated carbocycles. The van der Waals surface area contributed by atoms with Crippen molar-refractivity contribution in [2.45, 2.75) is 50.8 Å². The summed E-state index contributed by atoms with van der Waals surface area (Å²) in [6, 6.07) is 12.6. The van der Waals surface area contributed by atoms with Gasteiger partial charge in [0.25, 0.3) is 0 Å². The van der Waals surface area contributed by atoms with Crippen molar-refractivity contribution in [2.24, 2.45) is 5.92 Å². The minimum absolute atomic E-state index is 0.145. The van der Waals surface area contributed by atoms with Crippen molar-refractivity contribution in [3.8, 4) is 0 Å². The number of nitrogens with zero attached hydrogens (tertiary/aromatic N) is 1. The van der Waals surface area contributed by atoms with Crippen molar-refractivity contribution >= 4 is 38.9 Å². The van der Waals surface area contributed by atoms with E-state index >= 15 is 0 Å². The topological polar surface area (TPSA) is 66.5 Å². The smallest absolute Gasteiger partial charge is 0.236 e. The number of sulfonamides is 1. The van der Waals surface area contributed by atoms with Gasteiger partial charge in [-0.15, -0.1) is 0 Å². The lowest BCUT2D eigenvalue weighted by Crippen LogP contribution is -2.43. The Kier molecular flexibility index (Phi) is 4.90. The minimum Gasteiger partial charge on any atom is -0.309 e. The van der Waals surface area contributed by atoms with Gasteiger partial charge in [-0.2, -0.15) is 0 Å². The van der Waals surface area contributed by atoms with Crippen LogP contribution in [0.2, 0.25) is 5.02 Å². The quantitative estimate of drug-likeness (QED) is 0.744. The maximum Gasteiger partial charge on any atom is 0.236 e. The Morgan fingerprint density at radius 3 is 2.59 bits per heavy atom. The maximum atomic E-state index is 12.7. The van der Waals surface area contributed by atoms with Crippen LogP contribution in [0.4, 0.5) is 11.4 Å². The zero-order valence-corrected chi connectivity index (χ0v) is 18.3. The predicted molar refractivity (Wildman–Crippen MR) is 117 cm³/mol. The van der Waals surface area contributed by atoms with Gasteiger partial charge in [-0.25, -0.2) is 8.42 Å². The van der Waals surface area contributed by atoms with E-state index in [-0.39, 0.29) is 23.1 Å². The number of carbonyl (C=O) groups excluding carboxylic acids is 1. The second kappa shape index (κ2) is 7.03. The van der Waals surface area contributed by atoms with Crippen LogP contribution in [0.3, 0.4) is 0 Å². The molecular formula is C22H25ClN2O3S. The van der Waals surface area contributed by atoms with Crippen LogP contribution in [0.1, 0.15) is 44.7 Å². The van der Waals surface area contributed by atoms with E-state index < -0.39 is 10.0 Å². The van der Waals surface area contributed by atoms with Crippen molar-refractivity contribution in [2.75, 3.05) is 9.62 Å². The van der Waals surface area contributed by atoms with Crippen LogP contribution in [-0.2, 0) is 26.0 Å². The monoisotopic (exact) mass is 432 g/mol. The third kappa shape index (κ3) is 4.14. The fraction of sp³-hybridized carbons (Fsp3) is 0.409. The number of halogens is 1. The Bertz CT molecular complexity index is 1080. The van der Waals surface area contributed by atoms with Gasteiger partial charge < -0.3 is 4.90 Å². The lowest BCUT2D eigenvalue weighted by molar-refractivity contribution is -0.120. The molecule has 154 valence electrons. The molecule has 0 spiro atoms. The Morgan fingerprint density at radius 1 is 1.21 bits per heavy atom. The van der Waals surface area contributed by atoms with Gasteiger partial charge in [0, 0.05) is 34.3 Å². The second-order valence-electron chi connectivity index (χ2n) is 8.83. The fourth-order valence-corrected chi connectivity index (χ4v) is 5.52. The molecule has 1 aliphatic carbocycles. The van der Waals surface area contributed by atoms with Crippen LogP contribution in [0.5, 0.6) is 0 Å². The number of benzene rings is 2. The number of fused-ring (bicyclic) bond motifs is 1. The van der Waals surface area contributed by atoms with E-state index in [1.165, 1.54) is 0 Å². The molecule has 0 saturated heterocycles. The van der Waals surface area contributed by atoms with Gasteiger partial charge in [0.2, 0.25) is 15.9 Å². The lowest BCUT2D eigenvalue weighted by Gasteiger charge is -2.39. The Hall–Kier alpha value is -2.05. The molecule has 1 heterocycles. The van der Waals surface area contributed by atoms with Crippen LogP contribution < -0.4 is 9.62 Å². The van der Waals surface area contributed by atoms with Crippen LogP contribution in [0.25, 0.3) is 0 Å². The molecule has 1 fully saturated rings. The van der Waals surface area contributed by atoms with E-state index in [1.807, 2.05) is 30.9 Å². The lowest BCUT2D eigenvalue weighted by atomic mass is 9.77. The van der Waals surface area contributed by atoms with E-state index in [1.54, 1.807) is 30.3 Å². The molecule has 7 heteroatoms. The fourth-order valence-electron chi connectivity index (χ4n) is 4.13. The van der Waals surface area contributed by atoms with Crippen LogP contribution in [0.15, 0.2) is 42.5 Å². The molecular weight excluding hydrogens is 408 g/mol. The molecule has 1 amide bonds. The Labute approximate surface area is 177 Å². The summed E-state index contributed by atoms with van der Waals surface area (Å²) in [7, 11) is -3.59. The molecule has 0 bridgehead atoms. The number of nitrogens with one attached hydrogen (secondary N) is 1. The Balaban J connectivity index is 1.62. The summed E-state index contributed by atoms with van der Waals surface area (Å²) in [4.78, 5) is 14.7. The molecule has 5 nitrogen and oxygen atoms in total. The highest BCUT2D eigenvalue weighted by molar-refractivity contribution is 7.91. The van der Waals surface area contributed by atoms with Crippen molar-refractivity contribution in [3.63, 3.8) is 0 Å². The van der Waals surface area contributed by atoms with Gasteiger partial charge in [0.05, 0.1) is 5.75 Å². The molecule has 29 heavy (non-hydrogen) atoms. The zero-order chi connectivity index (χ0) is 21.0. The summed E-state index contributed by atoms with van der Waals surface area (Å²) < 4.78 is 28.0. The van der Waals surface area contributed by atoms with Gasteiger partial charge in [-0.3, -0.25) is 9.52 Å². The highest BCUT2D eigenvalue weighted by Crippen LogP contribution is 2.47. The van der Waals surface area contributed by atoms with Gasteiger partial charge in [0.1, 0.15) is 0 Å². The average molecular weight is 433 g/mol. The molecule has 2 aromatic carbocycles. The summed E-state index contributed by atoms with van der Waals surface area (Å²) in [5.41, 5.74) is 2.69. The molecule has 2 atom stereocenters. The summed E-state index contributed by atoms with van der Waals surface area (Å²) in [5.74, 6) is 0.494. The third-order valence-electron chi connectivity index (χ3n) is 5.76. The van der Waals surface area contributed by atoms with Crippen molar-refractivity contribution in [1.29, 1.82) is 0 Å². The molecule has 0 aromatic heterocycles. The molecule has 1 N–H and O–H groups in total. The van der Waals surface area contributed by atoms with Crippen molar-refractivity contribution in [1.82, 2.24) is 0 Å². The minimum atomic E-state index is -3.59. The molecule has 0 radical (unpaired) electrons. The molecule has 1 aliphatic heterocycles. The summed E-state index contributed by atoms with van der Waals surface area (Å²) in [5, 5.41) is 0.507. The maximum absolute atomic E-state index is 12.7. The van der Waals surface area contributed by atoms with E-state index in [2.05, 4.69) is 11.6 Å². The third-order valence-corrected chi connectivity index (χ3v) is 7.26. The molecule has 2 aliphatic rings. The van der Waals surface area contributed by atoms with Gasteiger partial charge in [-0.05, 0) is 53.8 Å². The number of amides is 1. The number of rotatable bonds is 5. The van der Waals surface area contributed by atoms with Crippen molar-refractivity contribution in [3.05, 3.63) is 58.6 Å². The first-order valence-corrected chi connectivity index (χ1v) is 11.8. The molecule has 2 unspecified atom stereocenters. The first-order chi connectivity index (χ1) is 13.6. The van der Waals surface area contributed by atoms with Crippen LogP contribution in [-0.4, -0.2) is 20.4 Å². The summed E-state index contributed by atoms with van der Waals surface area (Å²) >= 11 is 5.96. The van der Waals surface area contributed by atoms with E-state index in [0.29, 0.717) is 28.6 Å². The number of carbonyl (C=O) groups is 1. The van der Waals surface area contributed by atoms with Gasteiger partial charge in [-0.1, -0.05) is 44.5 Å². The first-order valence-electron chi connectivity index (χ1n) is 9.77. The Morgan fingerprint density at radius 2 is 1.93 bits per heavy atom. The SMILES string of the molecule is CC1CC1N1C(=O)CC(C)(C)c2cc(NS(=O)(=O)Cc3cccc(Cl)c3)ccc21. The second-order valence-corrected chi connectivity index (χ2v) is 11.0. The summed E-state index contributed by atoms with van der Waals surface area (Å²) in [6.45, 7) is 6.21. The van der Waals surface area contributed by atoms with Crippen LogP contribution >= 0.6 is 11.6 Å². The standard InChI is InChI=1S/C22H25ClN2O3S/c1-14-9-20(14)25-19-8-7-17(11-18(19)22(2,3)12-21(25)26)24-29(27,28)13-15-5-4-6-16(23)10-15/h4-8,10-11,14,20,24H,9,12-13H2,1-3H3. The highest BCUT2D eigenvalue weighted by Gasteiger charge is 2.46. The van der Waals surface area contributed by atoms with E-state index in [0.717, 1.165) is 17.7 Å². The van der Waals surface area contributed by atoms with Crippen LogP contribution in [0, 0.1) is 5.92 Å². The van der Waals surface area contributed by atoms with Gasteiger partial charge in [0.15, 0.2) is 0 Å². The first kappa shape index (κ1) is 20.2.